The van der Waals surface area contributed by atoms with E-state index < -0.39 is 6.10 Å². The lowest BCUT2D eigenvalue weighted by Gasteiger charge is -2.11. The lowest BCUT2D eigenvalue weighted by Crippen LogP contribution is -2.22. The lowest BCUT2D eigenvalue weighted by atomic mass is 10.2. The van der Waals surface area contributed by atoms with Gasteiger partial charge in [0.25, 0.3) is 0 Å². The Morgan fingerprint density at radius 3 is 2.43 bits per heavy atom. The molecule has 0 bridgehead atoms. The molecule has 0 aliphatic carbocycles. The third-order valence-corrected chi connectivity index (χ3v) is 3.43. The number of aliphatic hydroxyl groups is 1. The molecule has 1 aromatic heterocycles. The quantitative estimate of drug-likeness (QED) is 0.728. The van der Waals surface area contributed by atoms with Gasteiger partial charge in [-0.1, -0.05) is 65.9 Å². The molecule has 1 heterocycles. The van der Waals surface area contributed by atoms with Gasteiger partial charge in [0, 0.05) is 5.56 Å². The molecule has 0 aliphatic rings. The first kappa shape index (κ1) is 15.4. The Morgan fingerprint density at radius 2 is 1.70 bits per heavy atom. The number of aromatic nitrogens is 3. The average molecular weight is 309 g/mol. The van der Waals surface area contributed by atoms with Crippen LogP contribution in [0, 0.1) is 0 Å². The first-order valence-electron chi connectivity index (χ1n) is 7.56. The highest BCUT2D eigenvalue weighted by Gasteiger charge is 2.09. The Bertz CT molecular complexity index is 713. The van der Waals surface area contributed by atoms with Crippen molar-refractivity contribution in [3.8, 4) is 11.3 Å². The number of benzene rings is 2. The second kappa shape index (κ2) is 7.67. The van der Waals surface area contributed by atoms with Crippen LogP contribution < -0.4 is 0 Å². The van der Waals surface area contributed by atoms with Gasteiger partial charge in [-0.15, -0.1) is 5.10 Å². The molecule has 0 aliphatic heterocycles. The molecule has 0 saturated carbocycles. The zero-order valence-corrected chi connectivity index (χ0v) is 12.7. The molecule has 5 heteroatoms. The molecule has 0 radical (unpaired) electrons. The molecule has 3 rings (SSSR count). The number of nitrogens with zero attached hydrogens (tertiary/aromatic N) is 3. The van der Waals surface area contributed by atoms with Crippen LogP contribution in [-0.2, 0) is 17.9 Å². The number of rotatable bonds is 7. The first-order valence-corrected chi connectivity index (χ1v) is 7.56. The number of hydrogen-bond donors (Lipinski definition) is 1. The van der Waals surface area contributed by atoms with Crippen molar-refractivity contribution in [3.63, 3.8) is 0 Å². The van der Waals surface area contributed by atoms with E-state index in [1.165, 1.54) is 0 Å². The number of ether oxygens (including phenoxy) is 1. The van der Waals surface area contributed by atoms with Crippen molar-refractivity contribution >= 4 is 0 Å². The standard InChI is InChI=1S/C18H19N3O2/c22-17(14-23-13-15-7-3-1-4-8-15)11-21-12-18(19-20-21)16-9-5-2-6-10-16/h1-10,12,17,22H,11,13-14H2. The molecule has 118 valence electrons. The molecular formula is C18H19N3O2. The number of hydrogen-bond acceptors (Lipinski definition) is 4. The summed E-state index contributed by atoms with van der Waals surface area (Å²) in [7, 11) is 0. The van der Waals surface area contributed by atoms with Crippen LogP contribution in [0.15, 0.2) is 66.9 Å². The van der Waals surface area contributed by atoms with E-state index in [0.29, 0.717) is 13.2 Å². The molecule has 3 aromatic rings. The molecule has 0 fully saturated rings. The molecule has 2 aromatic carbocycles. The molecule has 1 N–H and O–H groups in total. The van der Waals surface area contributed by atoms with Crippen LogP contribution in [0.25, 0.3) is 11.3 Å². The van der Waals surface area contributed by atoms with E-state index in [1.54, 1.807) is 4.68 Å². The lowest BCUT2D eigenvalue weighted by molar-refractivity contribution is 0.0185. The van der Waals surface area contributed by atoms with E-state index in [9.17, 15) is 5.11 Å². The Morgan fingerprint density at radius 1 is 1.00 bits per heavy atom. The van der Waals surface area contributed by atoms with Crippen molar-refractivity contribution in [2.24, 2.45) is 0 Å². The van der Waals surface area contributed by atoms with Gasteiger partial charge < -0.3 is 9.84 Å². The summed E-state index contributed by atoms with van der Waals surface area (Å²) in [4.78, 5) is 0. The van der Waals surface area contributed by atoms with Gasteiger partial charge in [-0.3, -0.25) is 0 Å². The summed E-state index contributed by atoms with van der Waals surface area (Å²) in [5.41, 5.74) is 2.89. The second-order valence-electron chi connectivity index (χ2n) is 5.35. The monoisotopic (exact) mass is 309 g/mol. The van der Waals surface area contributed by atoms with Crippen LogP contribution in [0.3, 0.4) is 0 Å². The third-order valence-electron chi connectivity index (χ3n) is 3.43. The first-order chi connectivity index (χ1) is 11.3. The minimum absolute atomic E-state index is 0.259. The molecule has 23 heavy (non-hydrogen) atoms. The van der Waals surface area contributed by atoms with Crippen LogP contribution in [0.1, 0.15) is 5.56 Å². The van der Waals surface area contributed by atoms with E-state index >= 15 is 0 Å². The number of aliphatic hydroxyl groups excluding tert-OH is 1. The molecule has 0 spiro atoms. The van der Waals surface area contributed by atoms with Crippen LogP contribution in [0.2, 0.25) is 0 Å². The highest BCUT2D eigenvalue weighted by molar-refractivity contribution is 5.57. The van der Waals surface area contributed by atoms with Gasteiger partial charge in [0.05, 0.1) is 32.1 Å². The average Bonchev–Trinajstić information content (AvgIpc) is 3.05. The fourth-order valence-electron chi connectivity index (χ4n) is 2.28. The minimum atomic E-state index is -0.621. The third kappa shape index (κ3) is 4.48. The molecule has 0 saturated heterocycles. The smallest absolute Gasteiger partial charge is 0.113 e. The van der Waals surface area contributed by atoms with Crippen LogP contribution in [0.5, 0.6) is 0 Å². The normalized spacial score (nSPS) is 12.2. The van der Waals surface area contributed by atoms with Crippen molar-refractivity contribution in [2.75, 3.05) is 6.61 Å². The Balaban J connectivity index is 1.48. The van der Waals surface area contributed by atoms with E-state index in [-0.39, 0.29) is 6.61 Å². The molecular weight excluding hydrogens is 290 g/mol. The summed E-state index contributed by atoms with van der Waals surface area (Å²) in [5, 5.41) is 18.2. The van der Waals surface area contributed by atoms with Crippen LogP contribution in [0.4, 0.5) is 0 Å². The van der Waals surface area contributed by atoms with Gasteiger partial charge in [-0.25, -0.2) is 4.68 Å². The second-order valence-corrected chi connectivity index (χ2v) is 5.35. The van der Waals surface area contributed by atoms with Crippen molar-refractivity contribution in [3.05, 3.63) is 72.4 Å². The predicted molar refractivity (Wildman–Crippen MR) is 87.6 cm³/mol. The summed E-state index contributed by atoms with van der Waals surface area (Å²) < 4.78 is 7.17. The highest BCUT2D eigenvalue weighted by Crippen LogP contribution is 2.14. The summed E-state index contributed by atoms with van der Waals surface area (Å²) >= 11 is 0. The van der Waals surface area contributed by atoms with Crippen molar-refractivity contribution < 1.29 is 9.84 Å². The van der Waals surface area contributed by atoms with E-state index in [1.807, 2.05) is 66.9 Å². The maximum Gasteiger partial charge on any atom is 0.113 e. The minimum Gasteiger partial charge on any atom is -0.389 e. The van der Waals surface area contributed by atoms with E-state index in [2.05, 4.69) is 10.3 Å². The van der Waals surface area contributed by atoms with Gasteiger partial charge in [-0.2, -0.15) is 0 Å². The zero-order chi connectivity index (χ0) is 15.9. The SMILES string of the molecule is OC(COCc1ccccc1)Cn1cc(-c2ccccc2)nn1. The van der Waals surface area contributed by atoms with Crippen LogP contribution >= 0.6 is 0 Å². The van der Waals surface area contributed by atoms with E-state index in [4.69, 9.17) is 4.74 Å². The maximum absolute atomic E-state index is 10.0. The summed E-state index contributed by atoms with van der Waals surface area (Å²) in [6, 6.07) is 19.7. The zero-order valence-electron chi connectivity index (χ0n) is 12.7. The van der Waals surface area contributed by atoms with E-state index in [0.717, 1.165) is 16.8 Å². The molecule has 1 unspecified atom stereocenters. The van der Waals surface area contributed by atoms with Crippen molar-refractivity contribution in [1.29, 1.82) is 0 Å². The molecule has 1 atom stereocenters. The maximum atomic E-state index is 10.0. The fraction of sp³-hybridized carbons (Fsp3) is 0.222. The Labute approximate surface area is 135 Å². The van der Waals surface area contributed by atoms with Gasteiger partial charge >= 0.3 is 0 Å². The van der Waals surface area contributed by atoms with Crippen molar-refractivity contribution in [1.82, 2.24) is 15.0 Å². The Hall–Kier alpha value is -2.50. The Kier molecular flexibility index (Phi) is 5.13. The summed E-state index contributed by atoms with van der Waals surface area (Å²) in [5.74, 6) is 0. The largest absolute Gasteiger partial charge is 0.389 e. The summed E-state index contributed by atoms with van der Waals surface area (Å²) in [6.45, 7) is 1.11. The predicted octanol–water partition coefficient (Wildman–Crippen LogP) is 2.52. The van der Waals surface area contributed by atoms with Gasteiger partial charge in [0.2, 0.25) is 0 Å². The molecule has 5 nitrogen and oxygen atoms in total. The topological polar surface area (TPSA) is 60.2 Å². The van der Waals surface area contributed by atoms with Crippen molar-refractivity contribution in [2.45, 2.75) is 19.3 Å². The fourth-order valence-corrected chi connectivity index (χ4v) is 2.28. The molecule has 0 amide bonds. The van der Waals surface area contributed by atoms with Gasteiger partial charge in [0.1, 0.15) is 5.69 Å². The van der Waals surface area contributed by atoms with Gasteiger partial charge in [-0.05, 0) is 5.56 Å². The van der Waals surface area contributed by atoms with Crippen LogP contribution in [-0.4, -0.2) is 32.8 Å². The summed E-state index contributed by atoms with van der Waals surface area (Å²) in [6.07, 6.45) is 1.21. The highest BCUT2D eigenvalue weighted by atomic mass is 16.5. The van der Waals surface area contributed by atoms with Gasteiger partial charge in [0.15, 0.2) is 0 Å².